The number of halogens is 1. The summed E-state index contributed by atoms with van der Waals surface area (Å²) in [6.45, 7) is 0.328. The third-order valence-corrected chi connectivity index (χ3v) is 2.14. The van der Waals surface area contributed by atoms with Gasteiger partial charge in [0.1, 0.15) is 5.82 Å². The summed E-state index contributed by atoms with van der Waals surface area (Å²) in [5.41, 5.74) is 2.63. The molecule has 1 saturated heterocycles. The normalized spacial score (nSPS) is 15.3. The zero-order valence-corrected chi connectivity index (χ0v) is 7.87. The number of hydrogen-bond acceptors (Lipinski definition) is 2. The highest BCUT2D eigenvalue weighted by atomic mass is 19.1. The Hall–Kier alpha value is -1.91. The zero-order chi connectivity index (χ0) is 10.8. The third kappa shape index (κ3) is 1.96. The van der Waals surface area contributed by atoms with Crippen molar-refractivity contribution in [2.75, 3.05) is 6.54 Å². The molecule has 1 fully saturated rings. The van der Waals surface area contributed by atoms with Crippen molar-refractivity contribution in [3.8, 4) is 0 Å². The summed E-state index contributed by atoms with van der Waals surface area (Å²) in [7, 11) is 0. The predicted octanol–water partition coefficient (Wildman–Crippen LogP) is 0.703. The van der Waals surface area contributed by atoms with Gasteiger partial charge in [-0.3, -0.25) is 15.0 Å². The summed E-state index contributed by atoms with van der Waals surface area (Å²) in [4.78, 5) is 22.6. The van der Waals surface area contributed by atoms with E-state index in [9.17, 15) is 14.0 Å². The van der Waals surface area contributed by atoms with Gasteiger partial charge in [0.15, 0.2) is 0 Å². The van der Waals surface area contributed by atoms with Crippen LogP contribution in [0.1, 0.15) is 16.8 Å². The highest BCUT2D eigenvalue weighted by molar-refractivity contribution is 5.96. The van der Waals surface area contributed by atoms with Gasteiger partial charge in [0.05, 0.1) is 6.54 Å². The number of amides is 2. The summed E-state index contributed by atoms with van der Waals surface area (Å²) in [6, 6.07) is 5.38. The van der Waals surface area contributed by atoms with Crippen molar-refractivity contribution in [1.82, 2.24) is 10.4 Å². The largest absolute Gasteiger partial charge is 0.273 e. The monoisotopic (exact) mass is 208 g/mol. The molecule has 1 aliphatic heterocycles. The van der Waals surface area contributed by atoms with Crippen molar-refractivity contribution >= 4 is 11.8 Å². The molecule has 1 aromatic rings. The molecule has 1 N–H and O–H groups in total. The Bertz CT molecular complexity index is 420. The molecular formula is C10H9FN2O2. The van der Waals surface area contributed by atoms with E-state index >= 15 is 0 Å². The predicted molar refractivity (Wildman–Crippen MR) is 50.2 cm³/mol. The molecule has 0 aliphatic carbocycles. The number of rotatable bonds is 1. The van der Waals surface area contributed by atoms with E-state index in [0.29, 0.717) is 13.0 Å². The van der Waals surface area contributed by atoms with Crippen LogP contribution in [0.3, 0.4) is 0 Å². The number of hydrogen-bond donors (Lipinski definition) is 1. The summed E-state index contributed by atoms with van der Waals surface area (Å²) >= 11 is 0. The van der Waals surface area contributed by atoms with Crippen LogP contribution in [0.15, 0.2) is 24.3 Å². The molecule has 0 atom stereocenters. The molecule has 1 aromatic carbocycles. The minimum atomic E-state index is -0.466. The lowest BCUT2D eigenvalue weighted by Crippen LogP contribution is -2.38. The highest BCUT2D eigenvalue weighted by Gasteiger charge is 2.24. The highest BCUT2D eigenvalue weighted by Crippen LogP contribution is 2.09. The Morgan fingerprint density at radius 2 is 2.27 bits per heavy atom. The van der Waals surface area contributed by atoms with E-state index in [1.807, 2.05) is 0 Å². The second-order valence-corrected chi connectivity index (χ2v) is 3.25. The lowest BCUT2D eigenvalue weighted by molar-refractivity contribution is -0.120. The summed E-state index contributed by atoms with van der Waals surface area (Å²) < 4.78 is 12.8. The Labute approximate surface area is 85.7 Å². The first-order valence-corrected chi connectivity index (χ1v) is 4.54. The van der Waals surface area contributed by atoms with Crippen LogP contribution in [0.5, 0.6) is 0 Å². The van der Waals surface area contributed by atoms with Crippen LogP contribution in [0.25, 0.3) is 0 Å². The Morgan fingerprint density at radius 1 is 1.47 bits per heavy atom. The molecule has 5 heteroatoms. The van der Waals surface area contributed by atoms with E-state index < -0.39 is 5.82 Å². The number of nitrogens with zero attached hydrogens (tertiary/aromatic N) is 1. The van der Waals surface area contributed by atoms with Crippen LogP contribution in [0.4, 0.5) is 4.39 Å². The number of nitrogens with one attached hydrogen (secondary N) is 1. The number of hydrazine groups is 1. The molecule has 2 rings (SSSR count). The molecule has 0 aromatic heterocycles. The SMILES string of the molecule is O=C1CCN(C(=O)c2cccc(F)c2)N1. The topological polar surface area (TPSA) is 49.4 Å². The fourth-order valence-corrected chi connectivity index (χ4v) is 1.41. The van der Waals surface area contributed by atoms with Gasteiger partial charge in [-0.05, 0) is 18.2 Å². The summed E-state index contributed by atoms with van der Waals surface area (Å²) in [6.07, 6.45) is 0.293. The average molecular weight is 208 g/mol. The fraction of sp³-hybridized carbons (Fsp3) is 0.200. The number of benzene rings is 1. The first-order chi connectivity index (χ1) is 7.16. The second-order valence-electron chi connectivity index (χ2n) is 3.25. The molecule has 1 heterocycles. The van der Waals surface area contributed by atoms with Crippen LogP contribution in [-0.2, 0) is 4.79 Å². The maximum absolute atomic E-state index is 12.8. The lowest BCUT2D eigenvalue weighted by Gasteiger charge is -2.14. The molecule has 0 unspecified atom stereocenters. The fourth-order valence-electron chi connectivity index (χ4n) is 1.41. The second kappa shape index (κ2) is 3.68. The van der Waals surface area contributed by atoms with Gasteiger partial charge in [-0.15, -0.1) is 0 Å². The van der Waals surface area contributed by atoms with Gasteiger partial charge >= 0.3 is 0 Å². The van der Waals surface area contributed by atoms with Crippen molar-refractivity contribution in [1.29, 1.82) is 0 Å². The first-order valence-electron chi connectivity index (χ1n) is 4.54. The van der Waals surface area contributed by atoms with E-state index in [4.69, 9.17) is 0 Å². The van der Waals surface area contributed by atoms with E-state index in [-0.39, 0.29) is 17.4 Å². The van der Waals surface area contributed by atoms with Crippen molar-refractivity contribution in [3.63, 3.8) is 0 Å². The van der Waals surface area contributed by atoms with Gasteiger partial charge in [0.2, 0.25) is 5.91 Å². The van der Waals surface area contributed by atoms with Crippen molar-refractivity contribution < 1.29 is 14.0 Å². The Morgan fingerprint density at radius 3 is 2.87 bits per heavy atom. The third-order valence-electron chi connectivity index (χ3n) is 2.14. The molecule has 0 saturated carbocycles. The molecule has 2 amide bonds. The molecule has 0 radical (unpaired) electrons. The Balaban J connectivity index is 2.17. The van der Waals surface area contributed by atoms with Crippen LogP contribution >= 0.6 is 0 Å². The smallest absolute Gasteiger partial charge is 0.272 e. The van der Waals surface area contributed by atoms with Gasteiger partial charge in [-0.2, -0.15) is 0 Å². The minimum absolute atomic E-state index is 0.195. The quantitative estimate of drug-likeness (QED) is 0.738. The standard InChI is InChI=1S/C10H9FN2O2/c11-8-3-1-2-7(6-8)10(15)13-5-4-9(14)12-13/h1-3,6H,4-5H2,(H,12,14). The summed E-state index contributed by atoms with van der Waals surface area (Å²) in [5.74, 6) is -1.05. The zero-order valence-electron chi connectivity index (χ0n) is 7.87. The van der Waals surface area contributed by atoms with Crippen molar-refractivity contribution in [2.24, 2.45) is 0 Å². The molecule has 0 bridgehead atoms. The molecule has 1 aliphatic rings. The molecular weight excluding hydrogens is 199 g/mol. The summed E-state index contributed by atoms with van der Waals surface area (Å²) in [5, 5.41) is 1.19. The van der Waals surface area contributed by atoms with Crippen LogP contribution in [-0.4, -0.2) is 23.4 Å². The van der Waals surface area contributed by atoms with Crippen LogP contribution in [0, 0.1) is 5.82 Å². The van der Waals surface area contributed by atoms with Gasteiger partial charge in [-0.1, -0.05) is 6.07 Å². The maximum atomic E-state index is 12.8. The molecule has 4 nitrogen and oxygen atoms in total. The van der Waals surface area contributed by atoms with Crippen molar-refractivity contribution in [3.05, 3.63) is 35.6 Å². The minimum Gasteiger partial charge on any atom is -0.273 e. The molecule has 0 spiro atoms. The van der Waals surface area contributed by atoms with E-state index in [0.717, 1.165) is 6.07 Å². The average Bonchev–Trinajstić information content (AvgIpc) is 2.64. The lowest BCUT2D eigenvalue weighted by atomic mass is 10.2. The van der Waals surface area contributed by atoms with Gasteiger partial charge in [0, 0.05) is 12.0 Å². The maximum Gasteiger partial charge on any atom is 0.272 e. The van der Waals surface area contributed by atoms with E-state index in [1.54, 1.807) is 0 Å². The van der Waals surface area contributed by atoms with Crippen LogP contribution < -0.4 is 5.43 Å². The van der Waals surface area contributed by atoms with Crippen molar-refractivity contribution in [2.45, 2.75) is 6.42 Å². The first kappa shape index (κ1) is 9.64. The van der Waals surface area contributed by atoms with Crippen LogP contribution in [0.2, 0.25) is 0 Å². The van der Waals surface area contributed by atoms with E-state index in [1.165, 1.54) is 23.2 Å². The van der Waals surface area contributed by atoms with E-state index in [2.05, 4.69) is 5.43 Å². The number of carbonyl (C=O) groups excluding carboxylic acids is 2. The Kier molecular flexibility index (Phi) is 2.37. The molecule has 78 valence electrons. The van der Waals surface area contributed by atoms with Gasteiger partial charge in [0.25, 0.3) is 5.91 Å². The number of carbonyl (C=O) groups is 2. The molecule has 15 heavy (non-hydrogen) atoms. The van der Waals surface area contributed by atoms with Gasteiger partial charge in [-0.25, -0.2) is 9.40 Å². The van der Waals surface area contributed by atoms with Gasteiger partial charge < -0.3 is 0 Å².